The second-order valence-corrected chi connectivity index (χ2v) is 22.1. The van der Waals surface area contributed by atoms with Crippen molar-refractivity contribution in [2.45, 2.75) is 114 Å². The second kappa shape index (κ2) is 12.2. The molecular formula is C45H51N3S3. The number of thioether (sulfide) groups is 3. The van der Waals surface area contributed by atoms with E-state index < -0.39 is 0 Å². The van der Waals surface area contributed by atoms with Crippen molar-refractivity contribution in [3.8, 4) is 33.4 Å². The summed E-state index contributed by atoms with van der Waals surface area (Å²) in [5, 5.41) is 3.35. The summed E-state index contributed by atoms with van der Waals surface area (Å²) in [5.41, 5.74) is 10.2. The molecule has 4 aromatic rings. The highest BCUT2D eigenvalue weighted by Crippen LogP contribution is 2.49. The molecule has 51 heavy (non-hydrogen) atoms. The molecule has 0 amide bonds. The van der Waals surface area contributed by atoms with E-state index in [2.05, 4.69) is 174 Å². The van der Waals surface area contributed by atoms with E-state index in [1.165, 1.54) is 50.1 Å². The van der Waals surface area contributed by atoms with Gasteiger partial charge in [0.15, 0.2) is 0 Å². The van der Waals surface area contributed by atoms with Gasteiger partial charge in [0.1, 0.15) is 0 Å². The van der Waals surface area contributed by atoms with Gasteiger partial charge >= 0.3 is 0 Å². The summed E-state index contributed by atoms with van der Waals surface area (Å²) >= 11 is 5.65. The third-order valence-electron chi connectivity index (χ3n) is 11.9. The van der Waals surface area contributed by atoms with Gasteiger partial charge in [-0.2, -0.15) is 0 Å². The molecule has 3 nitrogen and oxygen atoms in total. The Bertz CT molecular complexity index is 1890. The lowest BCUT2D eigenvalue weighted by Crippen LogP contribution is -2.36. The minimum Gasteiger partial charge on any atom is -0.270 e. The van der Waals surface area contributed by atoms with Gasteiger partial charge in [0, 0.05) is 30.9 Å². The van der Waals surface area contributed by atoms with Gasteiger partial charge < -0.3 is 0 Å². The van der Waals surface area contributed by atoms with Gasteiger partial charge in [0.05, 0.1) is 31.7 Å². The molecule has 0 atom stereocenters. The number of benzene rings is 4. The number of nitrogens with zero attached hydrogens (tertiary/aromatic N) is 3. The second-order valence-electron chi connectivity index (χ2n) is 17.3. The molecule has 4 aromatic carbocycles. The van der Waals surface area contributed by atoms with Crippen LogP contribution in [-0.4, -0.2) is 46.0 Å². The van der Waals surface area contributed by atoms with Crippen molar-refractivity contribution in [1.82, 2.24) is 0 Å². The van der Waals surface area contributed by atoms with E-state index in [4.69, 9.17) is 15.0 Å². The molecule has 0 saturated heterocycles. The lowest BCUT2D eigenvalue weighted by Gasteiger charge is -2.30. The highest BCUT2D eigenvalue weighted by Gasteiger charge is 2.46. The smallest absolute Gasteiger partial charge is 0.0990 e. The largest absolute Gasteiger partial charge is 0.270 e. The molecule has 0 bridgehead atoms. The molecule has 0 spiro atoms. The van der Waals surface area contributed by atoms with Crippen LogP contribution < -0.4 is 0 Å². The standard InChI is InChI=1S/C45H51N3S3/c1-40(2)43(7,8)49-37(46-40)31-19-13-16-28(22-31)34-25-35(29-17-14-20-32(23-29)38-47-41(3,4)44(9,10)50-38)27-36(26-34)30-18-15-21-33(24-30)39-48-42(5,6)45(11,12)51-39/h13-27H,1-12H3. The molecule has 3 aliphatic heterocycles. The lowest BCUT2D eigenvalue weighted by molar-refractivity contribution is 0.426. The number of hydrogen-bond donors (Lipinski definition) is 0. The third-order valence-corrected chi connectivity index (χ3v) is 16.5. The normalized spacial score (nSPS) is 22.0. The van der Waals surface area contributed by atoms with Crippen LogP contribution in [0.2, 0.25) is 0 Å². The number of rotatable bonds is 6. The minimum absolute atomic E-state index is 0.0279. The molecule has 0 aromatic heterocycles. The van der Waals surface area contributed by atoms with E-state index in [-0.39, 0.29) is 30.9 Å². The molecule has 264 valence electrons. The van der Waals surface area contributed by atoms with Gasteiger partial charge in [-0.05, 0) is 153 Å². The predicted octanol–water partition coefficient (Wildman–Crippen LogP) is 12.8. The van der Waals surface area contributed by atoms with Crippen molar-refractivity contribution in [2.75, 3.05) is 0 Å². The molecule has 0 saturated carbocycles. The molecule has 3 heterocycles. The van der Waals surface area contributed by atoms with Crippen molar-refractivity contribution in [2.24, 2.45) is 15.0 Å². The summed E-state index contributed by atoms with van der Waals surface area (Å²) in [6, 6.07) is 33.9. The summed E-state index contributed by atoms with van der Waals surface area (Å²) in [7, 11) is 0. The van der Waals surface area contributed by atoms with Crippen LogP contribution >= 0.6 is 35.3 Å². The molecule has 3 aliphatic rings. The Morgan fingerprint density at radius 2 is 0.529 bits per heavy atom. The first kappa shape index (κ1) is 36.3. The summed E-state index contributed by atoms with van der Waals surface area (Å²) in [4.78, 5) is 15.6. The Balaban J connectivity index is 1.35. The zero-order chi connectivity index (χ0) is 36.8. The van der Waals surface area contributed by atoms with Crippen LogP contribution in [0.4, 0.5) is 0 Å². The fourth-order valence-corrected chi connectivity index (χ4v) is 10.2. The zero-order valence-corrected chi connectivity index (χ0v) is 34.7. The Morgan fingerprint density at radius 3 is 0.745 bits per heavy atom. The first-order valence-electron chi connectivity index (χ1n) is 18.0. The quantitative estimate of drug-likeness (QED) is 0.198. The van der Waals surface area contributed by atoms with Crippen molar-refractivity contribution in [1.29, 1.82) is 0 Å². The molecular weight excluding hydrogens is 679 g/mol. The van der Waals surface area contributed by atoms with E-state index in [1.807, 2.05) is 35.3 Å². The van der Waals surface area contributed by atoms with Gasteiger partial charge in [-0.1, -0.05) is 89.9 Å². The summed E-state index contributed by atoms with van der Waals surface area (Å²) in [6.07, 6.45) is 0. The molecule has 0 fully saturated rings. The van der Waals surface area contributed by atoms with E-state index in [0.717, 1.165) is 15.1 Å². The average molecular weight is 730 g/mol. The number of hydrogen-bond acceptors (Lipinski definition) is 6. The van der Waals surface area contributed by atoms with Crippen LogP contribution in [0.15, 0.2) is 106 Å². The molecule has 0 N–H and O–H groups in total. The van der Waals surface area contributed by atoms with E-state index >= 15 is 0 Å². The van der Waals surface area contributed by atoms with Gasteiger partial charge in [-0.15, -0.1) is 0 Å². The van der Waals surface area contributed by atoms with Crippen LogP contribution in [-0.2, 0) is 0 Å². The van der Waals surface area contributed by atoms with E-state index in [9.17, 15) is 0 Å². The number of aliphatic imine (C=N–C) groups is 3. The van der Waals surface area contributed by atoms with Crippen LogP contribution in [0.5, 0.6) is 0 Å². The Hall–Kier alpha value is -3.06. The Labute approximate surface area is 318 Å². The monoisotopic (exact) mass is 729 g/mol. The van der Waals surface area contributed by atoms with Crippen molar-refractivity contribution in [3.05, 3.63) is 108 Å². The Morgan fingerprint density at radius 1 is 0.314 bits per heavy atom. The maximum absolute atomic E-state index is 5.20. The maximum atomic E-state index is 5.20. The van der Waals surface area contributed by atoms with Crippen LogP contribution in [0.3, 0.4) is 0 Å². The summed E-state index contributed by atoms with van der Waals surface area (Å²) in [5.74, 6) is 0. The van der Waals surface area contributed by atoms with Crippen LogP contribution in [0.1, 0.15) is 99.8 Å². The highest BCUT2D eigenvalue weighted by molar-refractivity contribution is 8.16. The highest BCUT2D eigenvalue weighted by atomic mass is 32.2. The Kier molecular flexibility index (Phi) is 8.72. The molecule has 0 unspecified atom stereocenters. The van der Waals surface area contributed by atoms with Crippen LogP contribution in [0.25, 0.3) is 33.4 Å². The van der Waals surface area contributed by atoms with Crippen molar-refractivity contribution in [3.63, 3.8) is 0 Å². The van der Waals surface area contributed by atoms with Gasteiger partial charge in [0.25, 0.3) is 0 Å². The SMILES string of the molecule is CC1(C)N=C(c2cccc(-c3cc(-c4cccc(C5=NC(C)(C)C(C)(C)S5)c4)cc(-c4cccc(C5=NC(C)(C)C(C)(C)S5)c4)c3)c2)SC1(C)C. The van der Waals surface area contributed by atoms with Crippen LogP contribution in [0, 0.1) is 0 Å². The van der Waals surface area contributed by atoms with E-state index in [0.29, 0.717) is 0 Å². The molecule has 7 rings (SSSR count). The zero-order valence-electron chi connectivity index (χ0n) is 32.2. The minimum atomic E-state index is -0.134. The first-order chi connectivity index (χ1) is 23.7. The summed E-state index contributed by atoms with van der Waals surface area (Å²) in [6.45, 7) is 27.2. The average Bonchev–Trinajstić information content (AvgIpc) is 3.54. The topological polar surface area (TPSA) is 37.1 Å². The third kappa shape index (κ3) is 6.59. The van der Waals surface area contributed by atoms with Crippen molar-refractivity contribution >= 4 is 50.4 Å². The van der Waals surface area contributed by atoms with Crippen molar-refractivity contribution < 1.29 is 0 Å². The summed E-state index contributed by atoms with van der Waals surface area (Å²) < 4.78 is 0.0837. The molecule has 0 aliphatic carbocycles. The lowest BCUT2D eigenvalue weighted by atomic mass is 9.90. The maximum Gasteiger partial charge on any atom is 0.0990 e. The molecule has 0 radical (unpaired) electrons. The first-order valence-corrected chi connectivity index (χ1v) is 20.5. The van der Waals surface area contributed by atoms with E-state index in [1.54, 1.807) is 0 Å². The van der Waals surface area contributed by atoms with Gasteiger partial charge in [-0.3, -0.25) is 15.0 Å². The van der Waals surface area contributed by atoms with Gasteiger partial charge in [0.2, 0.25) is 0 Å². The fraction of sp³-hybridized carbons (Fsp3) is 0.400. The predicted molar refractivity (Wildman–Crippen MR) is 230 cm³/mol. The molecule has 6 heteroatoms. The fourth-order valence-electron chi connectivity index (χ4n) is 6.33. The van der Waals surface area contributed by atoms with Gasteiger partial charge in [-0.25, -0.2) is 0 Å².